The fourth-order valence-electron chi connectivity index (χ4n) is 2.23. The number of nitrogens with one attached hydrogen (secondary N) is 2. The van der Waals surface area contributed by atoms with Crippen molar-refractivity contribution < 1.29 is 29.6 Å². The Morgan fingerprint density at radius 1 is 1.09 bits per heavy atom. The summed E-state index contributed by atoms with van der Waals surface area (Å²) < 4.78 is 5.42. The van der Waals surface area contributed by atoms with Crippen molar-refractivity contribution in [3.63, 3.8) is 0 Å². The number of unbranched alkanes of at least 4 members (excludes halogenated alkanes) is 1. The highest BCUT2D eigenvalue weighted by molar-refractivity contribution is 5.81. The quantitative estimate of drug-likeness (QED) is 0.362. The summed E-state index contributed by atoms with van der Waals surface area (Å²) in [6.07, 6.45) is -5.01. The smallest absolute Gasteiger partial charge is 0.251 e. The van der Waals surface area contributed by atoms with Crippen LogP contribution < -0.4 is 10.6 Å². The molecule has 0 aliphatic carbocycles. The minimum atomic E-state index is -1.52. The molecule has 3 unspecified atom stereocenters. The van der Waals surface area contributed by atoms with E-state index in [9.17, 15) is 24.9 Å². The molecule has 1 rings (SSSR count). The van der Waals surface area contributed by atoms with Crippen LogP contribution in [-0.4, -0.2) is 70.7 Å². The van der Waals surface area contributed by atoms with Crippen LogP contribution in [0.15, 0.2) is 0 Å². The molecule has 0 aromatic carbocycles. The van der Waals surface area contributed by atoms with Crippen molar-refractivity contribution in [2.45, 2.75) is 64.1 Å². The zero-order chi connectivity index (χ0) is 17.6. The maximum atomic E-state index is 12.1. The average Bonchev–Trinajstić information content (AvgIpc) is 2.51. The molecule has 1 heterocycles. The SMILES string of the molecule is CCCCNC(=O)C1O[C@H](CNC(=O)C(C)C)C(O)C(O)[C@@H]1O. The lowest BCUT2D eigenvalue weighted by Crippen LogP contribution is -2.63. The van der Waals surface area contributed by atoms with E-state index in [1.54, 1.807) is 13.8 Å². The molecule has 0 aromatic rings. The highest BCUT2D eigenvalue weighted by atomic mass is 16.5. The van der Waals surface area contributed by atoms with E-state index in [-0.39, 0.29) is 18.4 Å². The second kappa shape index (κ2) is 9.17. The molecule has 1 aliphatic heterocycles. The molecule has 2 amide bonds. The highest BCUT2D eigenvalue weighted by Gasteiger charge is 2.46. The molecular formula is C15H28N2O6. The molecule has 8 nitrogen and oxygen atoms in total. The Morgan fingerprint density at radius 3 is 2.30 bits per heavy atom. The Bertz CT molecular complexity index is 403. The molecule has 5 N–H and O–H groups in total. The monoisotopic (exact) mass is 332 g/mol. The molecule has 134 valence electrons. The number of rotatable bonds is 7. The van der Waals surface area contributed by atoms with Crippen molar-refractivity contribution in [2.75, 3.05) is 13.1 Å². The third-order valence-corrected chi connectivity index (χ3v) is 3.80. The third kappa shape index (κ3) is 5.42. The topological polar surface area (TPSA) is 128 Å². The van der Waals surface area contributed by atoms with Crippen LogP contribution in [0, 0.1) is 5.92 Å². The first-order valence-electron chi connectivity index (χ1n) is 8.04. The molecule has 1 fully saturated rings. The maximum absolute atomic E-state index is 12.1. The standard InChI is InChI=1S/C15H28N2O6/c1-4-5-6-16-15(22)13-12(20)11(19)10(18)9(23-13)7-17-14(21)8(2)3/h8-13,18-20H,4-7H2,1-3H3,(H,16,22)(H,17,21)/t9-,10?,11?,12+,13?/m1/s1. The first kappa shape index (κ1) is 19.8. The number of ether oxygens (including phenoxy) is 1. The van der Waals surface area contributed by atoms with Crippen LogP contribution in [0.3, 0.4) is 0 Å². The summed E-state index contributed by atoms with van der Waals surface area (Å²) in [5.41, 5.74) is 0. The van der Waals surface area contributed by atoms with Gasteiger partial charge in [0.25, 0.3) is 5.91 Å². The van der Waals surface area contributed by atoms with Gasteiger partial charge in [-0.3, -0.25) is 9.59 Å². The van der Waals surface area contributed by atoms with Crippen molar-refractivity contribution >= 4 is 11.8 Å². The maximum Gasteiger partial charge on any atom is 0.251 e. The van der Waals surface area contributed by atoms with Crippen molar-refractivity contribution in [3.8, 4) is 0 Å². The van der Waals surface area contributed by atoms with Gasteiger partial charge in [0.1, 0.15) is 24.4 Å². The Morgan fingerprint density at radius 2 is 1.74 bits per heavy atom. The lowest BCUT2D eigenvalue weighted by atomic mass is 9.94. The molecule has 1 saturated heterocycles. The Balaban J connectivity index is 2.66. The van der Waals surface area contributed by atoms with Crippen molar-refractivity contribution in [2.24, 2.45) is 5.92 Å². The fraction of sp³-hybridized carbons (Fsp3) is 0.867. The van der Waals surface area contributed by atoms with Crippen molar-refractivity contribution in [3.05, 3.63) is 0 Å². The van der Waals surface area contributed by atoms with Crippen LogP contribution >= 0.6 is 0 Å². The van der Waals surface area contributed by atoms with E-state index in [1.165, 1.54) is 0 Å². The number of carbonyl (C=O) groups is 2. The Labute approximate surface area is 136 Å². The van der Waals surface area contributed by atoms with E-state index in [1.807, 2.05) is 6.92 Å². The molecule has 8 heteroatoms. The number of aliphatic hydroxyl groups excluding tert-OH is 3. The van der Waals surface area contributed by atoms with Gasteiger partial charge in [0, 0.05) is 19.0 Å². The van der Waals surface area contributed by atoms with Gasteiger partial charge in [-0.2, -0.15) is 0 Å². The fourth-order valence-corrected chi connectivity index (χ4v) is 2.23. The molecule has 0 saturated carbocycles. The number of amides is 2. The zero-order valence-electron chi connectivity index (χ0n) is 13.9. The van der Waals surface area contributed by atoms with Crippen LogP contribution in [0.4, 0.5) is 0 Å². The van der Waals surface area contributed by atoms with Crippen molar-refractivity contribution in [1.82, 2.24) is 10.6 Å². The van der Waals surface area contributed by atoms with Gasteiger partial charge in [-0.25, -0.2) is 0 Å². The largest absolute Gasteiger partial charge is 0.388 e. The van der Waals surface area contributed by atoms with E-state index in [0.29, 0.717) is 6.54 Å². The summed E-state index contributed by atoms with van der Waals surface area (Å²) in [5.74, 6) is -1.01. The molecule has 0 bridgehead atoms. The molecule has 0 radical (unpaired) electrons. The van der Waals surface area contributed by atoms with Crippen LogP contribution in [-0.2, 0) is 14.3 Å². The molecular weight excluding hydrogens is 304 g/mol. The van der Waals surface area contributed by atoms with Gasteiger partial charge in [-0.15, -0.1) is 0 Å². The minimum absolute atomic E-state index is 0.0549. The van der Waals surface area contributed by atoms with Gasteiger partial charge >= 0.3 is 0 Å². The van der Waals surface area contributed by atoms with Gasteiger partial charge in [-0.1, -0.05) is 27.2 Å². The summed E-state index contributed by atoms with van der Waals surface area (Å²) in [4.78, 5) is 23.6. The molecule has 0 aromatic heterocycles. The predicted octanol–water partition coefficient (Wildman–Crippen LogP) is -1.47. The first-order chi connectivity index (χ1) is 10.8. The average molecular weight is 332 g/mol. The normalized spacial score (nSPS) is 31.0. The summed E-state index contributed by atoms with van der Waals surface area (Å²) in [6.45, 7) is 5.80. The summed E-state index contributed by atoms with van der Waals surface area (Å²) in [6, 6.07) is 0. The van der Waals surface area contributed by atoms with Crippen LogP contribution in [0.25, 0.3) is 0 Å². The third-order valence-electron chi connectivity index (χ3n) is 3.80. The van der Waals surface area contributed by atoms with Crippen LogP contribution in [0.2, 0.25) is 0 Å². The lowest BCUT2D eigenvalue weighted by molar-refractivity contribution is -0.219. The molecule has 0 spiro atoms. The van der Waals surface area contributed by atoms with Crippen LogP contribution in [0.5, 0.6) is 0 Å². The lowest BCUT2D eigenvalue weighted by Gasteiger charge is -2.40. The van der Waals surface area contributed by atoms with Crippen LogP contribution in [0.1, 0.15) is 33.6 Å². The summed E-state index contributed by atoms with van der Waals surface area (Å²) in [5, 5.41) is 35.0. The summed E-state index contributed by atoms with van der Waals surface area (Å²) >= 11 is 0. The Hall–Kier alpha value is -1.22. The van der Waals surface area contributed by atoms with Gasteiger partial charge in [0.2, 0.25) is 5.91 Å². The van der Waals surface area contributed by atoms with E-state index in [4.69, 9.17) is 4.74 Å². The zero-order valence-corrected chi connectivity index (χ0v) is 13.9. The molecule has 1 aliphatic rings. The van der Waals surface area contributed by atoms with E-state index >= 15 is 0 Å². The molecule has 5 atom stereocenters. The highest BCUT2D eigenvalue weighted by Crippen LogP contribution is 2.21. The van der Waals surface area contributed by atoms with E-state index < -0.39 is 36.4 Å². The second-order valence-corrected chi connectivity index (χ2v) is 6.11. The van der Waals surface area contributed by atoms with E-state index in [2.05, 4.69) is 10.6 Å². The number of aliphatic hydroxyl groups is 3. The first-order valence-corrected chi connectivity index (χ1v) is 8.04. The second-order valence-electron chi connectivity index (χ2n) is 6.11. The number of carbonyl (C=O) groups excluding carboxylic acids is 2. The van der Waals surface area contributed by atoms with Gasteiger partial charge < -0.3 is 30.7 Å². The predicted molar refractivity (Wildman–Crippen MR) is 82.4 cm³/mol. The van der Waals surface area contributed by atoms with Gasteiger partial charge in [0.05, 0.1) is 0 Å². The molecule has 23 heavy (non-hydrogen) atoms. The number of hydrogen-bond donors (Lipinski definition) is 5. The van der Waals surface area contributed by atoms with E-state index in [0.717, 1.165) is 12.8 Å². The minimum Gasteiger partial charge on any atom is -0.388 e. The van der Waals surface area contributed by atoms with Gasteiger partial charge in [-0.05, 0) is 6.42 Å². The van der Waals surface area contributed by atoms with Crippen molar-refractivity contribution in [1.29, 1.82) is 0 Å². The Kier molecular flexibility index (Phi) is 7.90. The number of hydrogen-bond acceptors (Lipinski definition) is 6. The van der Waals surface area contributed by atoms with Gasteiger partial charge in [0.15, 0.2) is 6.10 Å². The summed E-state index contributed by atoms with van der Waals surface area (Å²) in [7, 11) is 0.